The van der Waals surface area contributed by atoms with Crippen LogP contribution in [0.5, 0.6) is 0 Å². The molecule has 1 fully saturated rings. The Morgan fingerprint density at radius 3 is 2.78 bits per heavy atom. The summed E-state index contributed by atoms with van der Waals surface area (Å²) in [4.78, 5) is 11.5. The summed E-state index contributed by atoms with van der Waals surface area (Å²) in [6.07, 6.45) is 5.92. The van der Waals surface area contributed by atoms with Gasteiger partial charge in [0.2, 0.25) is 0 Å². The maximum absolute atomic E-state index is 4.64. The molecule has 4 nitrogen and oxygen atoms in total. The van der Waals surface area contributed by atoms with Crippen molar-refractivity contribution in [3.05, 3.63) is 6.07 Å². The van der Waals surface area contributed by atoms with Crippen LogP contribution in [0.25, 0.3) is 0 Å². The Bertz CT molecular complexity index is 370. The molecule has 1 aliphatic rings. The summed E-state index contributed by atoms with van der Waals surface area (Å²) < 4.78 is 0. The van der Waals surface area contributed by atoms with Crippen LogP contribution in [-0.4, -0.2) is 36.4 Å². The molecule has 1 aliphatic carbocycles. The van der Waals surface area contributed by atoms with Crippen LogP contribution in [0, 0.1) is 5.92 Å². The number of nitrogens with one attached hydrogen (secondary N) is 1. The molecular weight excluding hydrogens is 244 g/mol. The number of anilines is 2. The van der Waals surface area contributed by atoms with Gasteiger partial charge >= 0.3 is 0 Å². The fourth-order valence-electron chi connectivity index (χ4n) is 1.98. The van der Waals surface area contributed by atoms with Crippen molar-refractivity contribution in [2.24, 2.45) is 5.92 Å². The Morgan fingerprint density at radius 1 is 1.44 bits per heavy atom. The molecule has 1 N–H and O–H groups in total. The fourth-order valence-corrected chi connectivity index (χ4v) is 2.35. The van der Waals surface area contributed by atoms with Crippen LogP contribution in [0.2, 0.25) is 0 Å². The van der Waals surface area contributed by atoms with Gasteiger partial charge < -0.3 is 10.2 Å². The Kier molecular flexibility index (Phi) is 4.69. The van der Waals surface area contributed by atoms with Gasteiger partial charge in [-0.1, -0.05) is 18.7 Å². The SMILES string of the molecule is CCCN(CC1CC1)c1cc(NC)nc(SC)n1. The number of aromatic nitrogens is 2. The summed E-state index contributed by atoms with van der Waals surface area (Å²) in [6.45, 7) is 4.43. The molecule has 0 bridgehead atoms. The standard InChI is InChI=1S/C13H22N4S/c1-4-7-17(9-10-5-6-10)12-8-11(14-2)15-13(16-12)18-3/h8,10H,4-7,9H2,1-3H3,(H,14,15,16). The third-order valence-electron chi connectivity index (χ3n) is 3.12. The van der Waals surface area contributed by atoms with E-state index < -0.39 is 0 Å². The molecule has 1 aromatic rings. The minimum atomic E-state index is 0.841. The normalized spacial score (nSPS) is 14.6. The molecule has 0 atom stereocenters. The smallest absolute Gasteiger partial charge is 0.191 e. The fraction of sp³-hybridized carbons (Fsp3) is 0.692. The van der Waals surface area contributed by atoms with Crippen LogP contribution in [0.15, 0.2) is 11.2 Å². The van der Waals surface area contributed by atoms with Crippen LogP contribution >= 0.6 is 11.8 Å². The highest BCUT2D eigenvalue weighted by Gasteiger charge is 2.25. The summed E-state index contributed by atoms with van der Waals surface area (Å²) in [7, 11) is 1.90. The Morgan fingerprint density at radius 2 is 2.22 bits per heavy atom. The van der Waals surface area contributed by atoms with Crippen molar-refractivity contribution in [1.29, 1.82) is 0 Å². The van der Waals surface area contributed by atoms with E-state index in [0.717, 1.165) is 42.2 Å². The van der Waals surface area contributed by atoms with E-state index in [0.29, 0.717) is 0 Å². The summed E-state index contributed by atoms with van der Waals surface area (Å²) in [5.74, 6) is 2.84. The van der Waals surface area contributed by atoms with Crippen molar-refractivity contribution in [3.8, 4) is 0 Å². The second-order valence-corrected chi connectivity index (χ2v) is 5.51. The van der Waals surface area contributed by atoms with Crippen molar-refractivity contribution in [1.82, 2.24) is 9.97 Å². The minimum Gasteiger partial charge on any atom is -0.373 e. The second-order valence-electron chi connectivity index (χ2n) is 4.74. The molecule has 0 saturated heterocycles. The molecule has 0 unspecified atom stereocenters. The predicted molar refractivity (Wildman–Crippen MR) is 78.6 cm³/mol. The molecule has 0 amide bonds. The molecule has 0 radical (unpaired) electrons. The first-order chi connectivity index (χ1) is 8.76. The van der Waals surface area contributed by atoms with E-state index in [4.69, 9.17) is 0 Å². The highest BCUT2D eigenvalue weighted by atomic mass is 32.2. The van der Waals surface area contributed by atoms with Crippen molar-refractivity contribution >= 4 is 23.4 Å². The Hall–Kier alpha value is -0.970. The summed E-state index contributed by atoms with van der Waals surface area (Å²) in [5.41, 5.74) is 0. The van der Waals surface area contributed by atoms with Crippen molar-refractivity contribution < 1.29 is 0 Å². The van der Waals surface area contributed by atoms with Gasteiger partial charge in [0.25, 0.3) is 0 Å². The third-order valence-corrected chi connectivity index (χ3v) is 3.67. The summed E-state index contributed by atoms with van der Waals surface area (Å²) in [5, 5.41) is 3.96. The van der Waals surface area contributed by atoms with Gasteiger partial charge in [-0.05, 0) is 31.4 Å². The zero-order valence-electron chi connectivity index (χ0n) is 11.4. The molecule has 2 rings (SSSR count). The first-order valence-electron chi connectivity index (χ1n) is 6.62. The Labute approximate surface area is 114 Å². The van der Waals surface area contributed by atoms with Crippen LogP contribution in [-0.2, 0) is 0 Å². The lowest BCUT2D eigenvalue weighted by Gasteiger charge is -2.23. The van der Waals surface area contributed by atoms with Gasteiger partial charge in [0.05, 0.1) is 0 Å². The van der Waals surface area contributed by atoms with Crippen LogP contribution in [0.1, 0.15) is 26.2 Å². The van der Waals surface area contributed by atoms with Crippen molar-refractivity contribution in [3.63, 3.8) is 0 Å². The first kappa shape index (κ1) is 13.5. The van der Waals surface area contributed by atoms with Gasteiger partial charge in [-0.25, -0.2) is 9.97 Å². The van der Waals surface area contributed by atoms with Gasteiger partial charge in [-0.3, -0.25) is 0 Å². The van der Waals surface area contributed by atoms with Gasteiger partial charge in [0.1, 0.15) is 11.6 Å². The lowest BCUT2D eigenvalue weighted by atomic mass is 10.3. The lowest BCUT2D eigenvalue weighted by Crippen LogP contribution is -2.27. The number of hydrogen-bond donors (Lipinski definition) is 1. The van der Waals surface area contributed by atoms with Crippen LogP contribution in [0.3, 0.4) is 0 Å². The van der Waals surface area contributed by atoms with Gasteiger partial charge in [0, 0.05) is 26.2 Å². The monoisotopic (exact) mass is 266 g/mol. The number of hydrogen-bond acceptors (Lipinski definition) is 5. The predicted octanol–water partition coefficient (Wildman–Crippen LogP) is 2.87. The van der Waals surface area contributed by atoms with E-state index in [2.05, 4.69) is 33.2 Å². The lowest BCUT2D eigenvalue weighted by molar-refractivity contribution is 0.692. The molecule has 0 spiro atoms. The molecule has 18 heavy (non-hydrogen) atoms. The Balaban J connectivity index is 2.20. The van der Waals surface area contributed by atoms with E-state index in [1.807, 2.05) is 13.3 Å². The number of rotatable bonds is 7. The zero-order valence-corrected chi connectivity index (χ0v) is 12.3. The molecule has 100 valence electrons. The summed E-state index contributed by atoms with van der Waals surface area (Å²) >= 11 is 1.59. The van der Waals surface area contributed by atoms with Crippen LogP contribution in [0.4, 0.5) is 11.6 Å². The maximum Gasteiger partial charge on any atom is 0.191 e. The molecule has 0 aromatic carbocycles. The second kappa shape index (κ2) is 6.27. The van der Waals surface area contributed by atoms with E-state index >= 15 is 0 Å². The van der Waals surface area contributed by atoms with Gasteiger partial charge in [-0.15, -0.1) is 0 Å². The first-order valence-corrected chi connectivity index (χ1v) is 7.85. The van der Waals surface area contributed by atoms with Crippen molar-refractivity contribution in [2.75, 3.05) is 36.6 Å². The van der Waals surface area contributed by atoms with Gasteiger partial charge in [-0.2, -0.15) is 0 Å². The minimum absolute atomic E-state index is 0.841. The molecule has 0 aliphatic heterocycles. The number of thioether (sulfide) groups is 1. The highest BCUT2D eigenvalue weighted by Crippen LogP contribution is 2.31. The third kappa shape index (κ3) is 3.51. The van der Waals surface area contributed by atoms with Gasteiger partial charge in [0.15, 0.2) is 5.16 Å². The quantitative estimate of drug-likeness (QED) is 0.607. The molecule has 5 heteroatoms. The highest BCUT2D eigenvalue weighted by molar-refractivity contribution is 7.98. The average molecular weight is 266 g/mol. The maximum atomic E-state index is 4.64. The largest absolute Gasteiger partial charge is 0.373 e. The summed E-state index contributed by atoms with van der Waals surface area (Å²) in [6, 6.07) is 2.05. The molecular formula is C13H22N4S. The molecule has 1 heterocycles. The van der Waals surface area contributed by atoms with E-state index in [1.54, 1.807) is 11.8 Å². The van der Waals surface area contributed by atoms with E-state index in [1.165, 1.54) is 12.8 Å². The number of nitrogens with zero attached hydrogens (tertiary/aromatic N) is 3. The van der Waals surface area contributed by atoms with Crippen molar-refractivity contribution in [2.45, 2.75) is 31.3 Å². The van der Waals surface area contributed by atoms with E-state index in [-0.39, 0.29) is 0 Å². The molecule has 1 saturated carbocycles. The van der Waals surface area contributed by atoms with E-state index in [9.17, 15) is 0 Å². The zero-order chi connectivity index (χ0) is 13.0. The molecule has 1 aromatic heterocycles. The van der Waals surface area contributed by atoms with Crippen LogP contribution < -0.4 is 10.2 Å². The average Bonchev–Trinajstić information content (AvgIpc) is 3.21. The topological polar surface area (TPSA) is 41.0 Å².